The number of benzene rings is 1. The van der Waals surface area contributed by atoms with E-state index in [4.69, 9.17) is 18.3 Å². The molecular weight excluding hydrogens is 613 g/mol. The number of hydrogen-bond donors (Lipinski definition) is 1. The molecule has 1 aromatic rings. The molecular formula is C36H62N2O6Si2. The lowest BCUT2D eigenvalue weighted by atomic mass is 10.1. The van der Waals surface area contributed by atoms with Crippen LogP contribution < -0.4 is 14.5 Å². The SMILES string of the molecule is COc1cc(C(=O)N2C=C(C3CC3)C[C@H]2CO[Si](C)(C)C(C)(C)C)c(NC(=O)OC(C)(C)C)cc1O[Si](C(C)C)(C(C)C)C(C)C. The molecule has 2 aliphatic rings. The van der Waals surface area contributed by atoms with Crippen LogP contribution in [0.25, 0.3) is 0 Å². The number of nitrogens with zero attached hydrogens (tertiary/aromatic N) is 1. The quantitative estimate of drug-likeness (QED) is 0.222. The molecule has 3 rings (SSSR count). The molecule has 1 atom stereocenters. The lowest BCUT2D eigenvalue weighted by Gasteiger charge is -2.42. The van der Waals surface area contributed by atoms with E-state index in [9.17, 15) is 9.59 Å². The molecule has 2 amide bonds. The summed E-state index contributed by atoms with van der Waals surface area (Å²) in [6.45, 7) is 30.4. The molecule has 1 fully saturated rings. The van der Waals surface area contributed by atoms with Gasteiger partial charge in [0.05, 0.1) is 31.0 Å². The molecule has 8 nitrogen and oxygen atoms in total. The van der Waals surface area contributed by atoms with Gasteiger partial charge < -0.3 is 23.2 Å². The van der Waals surface area contributed by atoms with Gasteiger partial charge >= 0.3 is 6.09 Å². The summed E-state index contributed by atoms with van der Waals surface area (Å²) >= 11 is 0. The molecule has 0 saturated heterocycles. The first-order chi connectivity index (χ1) is 21.0. The van der Waals surface area contributed by atoms with E-state index in [1.165, 1.54) is 5.57 Å². The summed E-state index contributed by atoms with van der Waals surface area (Å²) < 4.78 is 25.2. The minimum atomic E-state index is -2.40. The summed E-state index contributed by atoms with van der Waals surface area (Å²) in [5.74, 6) is 1.31. The van der Waals surface area contributed by atoms with E-state index < -0.39 is 28.3 Å². The molecule has 0 unspecified atom stereocenters. The molecule has 0 bridgehead atoms. The van der Waals surface area contributed by atoms with Crippen LogP contribution in [0, 0.1) is 5.92 Å². The summed E-state index contributed by atoms with van der Waals surface area (Å²) in [5, 5.41) is 2.96. The fourth-order valence-corrected chi connectivity index (χ4v) is 12.8. The van der Waals surface area contributed by atoms with Crippen molar-refractivity contribution in [3.8, 4) is 11.5 Å². The molecule has 0 aromatic heterocycles. The molecule has 1 aliphatic carbocycles. The summed E-state index contributed by atoms with van der Waals surface area (Å²) in [7, 11) is -2.85. The van der Waals surface area contributed by atoms with Crippen LogP contribution in [0.5, 0.6) is 11.5 Å². The average Bonchev–Trinajstić information content (AvgIpc) is 3.67. The topological polar surface area (TPSA) is 86.3 Å². The van der Waals surface area contributed by atoms with Gasteiger partial charge in [0, 0.05) is 12.3 Å². The molecule has 10 heteroatoms. The van der Waals surface area contributed by atoms with E-state index in [2.05, 4.69) is 80.7 Å². The maximum Gasteiger partial charge on any atom is 0.412 e. The molecule has 1 saturated carbocycles. The zero-order chi connectivity index (χ0) is 35.0. The Labute approximate surface area is 281 Å². The summed E-state index contributed by atoms with van der Waals surface area (Å²) in [5.41, 5.74) is 2.21. The van der Waals surface area contributed by atoms with Crippen LogP contribution >= 0.6 is 0 Å². The molecule has 1 aliphatic heterocycles. The van der Waals surface area contributed by atoms with E-state index in [1.54, 1.807) is 19.2 Å². The Morgan fingerprint density at radius 1 is 0.935 bits per heavy atom. The zero-order valence-corrected chi connectivity index (χ0v) is 33.3. The maximum absolute atomic E-state index is 14.6. The molecule has 1 aromatic carbocycles. The van der Waals surface area contributed by atoms with Crippen molar-refractivity contribution in [1.29, 1.82) is 0 Å². The van der Waals surface area contributed by atoms with Crippen LogP contribution in [0.15, 0.2) is 23.9 Å². The third-order valence-electron chi connectivity index (χ3n) is 10.1. The minimum absolute atomic E-state index is 0.0569. The largest absolute Gasteiger partial charge is 0.540 e. The minimum Gasteiger partial charge on any atom is -0.540 e. The second kappa shape index (κ2) is 14.0. The van der Waals surface area contributed by atoms with Gasteiger partial charge in [-0.05, 0) is 92.3 Å². The Morgan fingerprint density at radius 3 is 1.96 bits per heavy atom. The second-order valence-corrected chi connectivity index (χ2v) is 26.9. The number of carbonyl (C=O) groups is 2. The average molecular weight is 675 g/mol. The molecule has 260 valence electrons. The number of carbonyl (C=O) groups excluding carboxylic acids is 2. The molecule has 1 N–H and O–H groups in total. The van der Waals surface area contributed by atoms with Crippen molar-refractivity contribution >= 4 is 34.3 Å². The van der Waals surface area contributed by atoms with Gasteiger partial charge in [0.15, 0.2) is 14.1 Å². The first-order valence-electron chi connectivity index (χ1n) is 17.1. The molecule has 1 heterocycles. The first-order valence-corrected chi connectivity index (χ1v) is 22.2. The van der Waals surface area contributed by atoms with Crippen molar-refractivity contribution in [1.82, 2.24) is 4.90 Å². The Hall–Kier alpha value is -2.31. The number of hydrogen-bond acceptors (Lipinski definition) is 6. The highest BCUT2D eigenvalue weighted by atomic mass is 28.4. The third-order valence-corrected chi connectivity index (χ3v) is 20.6. The van der Waals surface area contributed by atoms with Crippen molar-refractivity contribution in [2.45, 2.75) is 149 Å². The zero-order valence-electron chi connectivity index (χ0n) is 31.3. The number of ether oxygens (including phenoxy) is 2. The van der Waals surface area contributed by atoms with Crippen molar-refractivity contribution in [3.63, 3.8) is 0 Å². The van der Waals surface area contributed by atoms with Crippen LogP contribution in [0.2, 0.25) is 34.8 Å². The van der Waals surface area contributed by atoms with E-state index in [0.717, 1.165) is 19.3 Å². The van der Waals surface area contributed by atoms with Crippen molar-refractivity contribution in [2.24, 2.45) is 5.92 Å². The van der Waals surface area contributed by atoms with E-state index in [0.29, 0.717) is 51.9 Å². The lowest BCUT2D eigenvalue weighted by molar-refractivity contribution is 0.0636. The highest BCUT2D eigenvalue weighted by Crippen LogP contribution is 2.47. The molecule has 0 radical (unpaired) electrons. The third kappa shape index (κ3) is 8.58. The van der Waals surface area contributed by atoms with Crippen molar-refractivity contribution in [3.05, 3.63) is 29.5 Å². The van der Waals surface area contributed by atoms with E-state index >= 15 is 0 Å². The monoisotopic (exact) mass is 674 g/mol. The smallest absolute Gasteiger partial charge is 0.412 e. The fraction of sp³-hybridized carbons (Fsp3) is 0.722. The maximum atomic E-state index is 14.6. The Balaban J connectivity index is 2.12. The van der Waals surface area contributed by atoms with Crippen molar-refractivity contribution < 1.29 is 27.9 Å². The van der Waals surface area contributed by atoms with Crippen LogP contribution in [-0.4, -0.2) is 58.9 Å². The number of nitrogens with one attached hydrogen (secondary N) is 1. The predicted molar refractivity (Wildman–Crippen MR) is 193 cm³/mol. The van der Waals surface area contributed by atoms with E-state index in [-0.39, 0.29) is 17.0 Å². The Bertz CT molecular complexity index is 1270. The normalized spacial score (nSPS) is 17.9. The summed E-state index contributed by atoms with van der Waals surface area (Å²) in [4.78, 5) is 29.6. The summed E-state index contributed by atoms with van der Waals surface area (Å²) in [6, 6.07) is 3.35. The van der Waals surface area contributed by atoms with Gasteiger partial charge in [-0.15, -0.1) is 0 Å². The van der Waals surface area contributed by atoms with Crippen LogP contribution in [0.4, 0.5) is 10.5 Å². The first kappa shape index (κ1) is 38.1. The van der Waals surface area contributed by atoms with Gasteiger partial charge in [-0.25, -0.2) is 4.79 Å². The number of methoxy groups -OCH3 is 1. The van der Waals surface area contributed by atoms with Gasteiger partial charge in [0.1, 0.15) is 11.4 Å². The van der Waals surface area contributed by atoms with Gasteiger partial charge in [0.25, 0.3) is 14.2 Å². The van der Waals surface area contributed by atoms with Crippen LogP contribution in [-0.2, 0) is 9.16 Å². The highest BCUT2D eigenvalue weighted by Gasteiger charge is 2.48. The molecule has 0 spiro atoms. The lowest BCUT2D eigenvalue weighted by Crippen LogP contribution is -2.50. The Morgan fingerprint density at radius 2 is 1.50 bits per heavy atom. The van der Waals surface area contributed by atoms with Gasteiger partial charge in [-0.3, -0.25) is 10.1 Å². The summed E-state index contributed by atoms with van der Waals surface area (Å²) in [6.07, 6.45) is 4.50. The number of anilines is 1. The fourth-order valence-electron chi connectivity index (χ4n) is 6.49. The van der Waals surface area contributed by atoms with Gasteiger partial charge in [-0.2, -0.15) is 0 Å². The predicted octanol–water partition coefficient (Wildman–Crippen LogP) is 10.1. The van der Waals surface area contributed by atoms with E-state index in [1.807, 2.05) is 31.9 Å². The standard InChI is InChI=1S/C36H62N2O6Si2/c1-23(2)46(24(3)4,25(5)6)44-32-20-30(37-34(40)43-35(7,8)9)29(19-31(32)41-13)33(39)38-21-27(26-16-17-26)18-28(38)22-42-45(14,15)36(10,11)12/h19-21,23-26,28H,16-18,22H2,1-15H3,(H,37,40)/t28-/m0/s1. The van der Waals surface area contributed by atoms with Crippen LogP contribution in [0.1, 0.15) is 113 Å². The van der Waals surface area contributed by atoms with Crippen LogP contribution in [0.3, 0.4) is 0 Å². The number of amides is 2. The Kier molecular flexibility index (Phi) is 11.6. The van der Waals surface area contributed by atoms with Crippen molar-refractivity contribution in [2.75, 3.05) is 19.0 Å². The molecule has 46 heavy (non-hydrogen) atoms. The van der Waals surface area contributed by atoms with Gasteiger partial charge in [0.2, 0.25) is 0 Å². The second-order valence-electron chi connectivity index (χ2n) is 16.7. The number of rotatable bonds is 12. The van der Waals surface area contributed by atoms with Gasteiger partial charge in [-0.1, -0.05) is 62.3 Å². The highest BCUT2D eigenvalue weighted by molar-refractivity contribution is 6.78.